The normalized spacial score (nSPS) is 36.1. The van der Waals surface area contributed by atoms with Gasteiger partial charge in [0, 0.05) is 25.2 Å². The second-order valence-corrected chi connectivity index (χ2v) is 8.70. The molecule has 4 fully saturated rings. The summed E-state index contributed by atoms with van der Waals surface area (Å²) in [7, 11) is 2.28. The summed E-state index contributed by atoms with van der Waals surface area (Å²) in [6.07, 6.45) is 8.99. The zero-order chi connectivity index (χ0) is 15.2. The highest BCUT2D eigenvalue weighted by molar-refractivity contribution is 5.08. The van der Waals surface area contributed by atoms with Gasteiger partial charge in [-0.05, 0) is 83.0 Å². The highest BCUT2D eigenvalue weighted by Gasteiger charge is 2.54. The van der Waals surface area contributed by atoms with Crippen molar-refractivity contribution in [3.8, 4) is 0 Å². The minimum Gasteiger partial charge on any atom is -0.393 e. The van der Waals surface area contributed by atoms with Gasteiger partial charge in [0.15, 0.2) is 0 Å². The van der Waals surface area contributed by atoms with Gasteiger partial charge >= 0.3 is 0 Å². The fourth-order valence-corrected chi connectivity index (χ4v) is 5.27. The minimum absolute atomic E-state index is 0.0179. The summed E-state index contributed by atoms with van der Waals surface area (Å²) in [6, 6.07) is 1.46. The van der Waals surface area contributed by atoms with Crippen LogP contribution in [0.15, 0.2) is 0 Å². The Bertz CT molecular complexity index is 376. The van der Waals surface area contributed by atoms with Crippen LogP contribution in [0, 0.1) is 11.3 Å². The van der Waals surface area contributed by atoms with Crippen LogP contribution in [0.3, 0.4) is 0 Å². The van der Waals surface area contributed by atoms with Gasteiger partial charge in [-0.2, -0.15) is 0 Å². The lowest BCUT2D eigenvalue weighted by atomic mass is 9.59. The molecule has 0 atom stereocenters. The molecule has 4 aliphatic rings. The first-order chi connectivity index (χ1) is 10.6. The number of hydrogen-bond donors (Lipinski definition) is 2. The summed E-state index contributed by atoms with van der Waals surface area (Å²) < 4.78 is 0. The van der Waals surface area contributed by atoms with E-state index in [9.17, 15) is 5.11 Å². The molecule has 2 aliphatic carbocycles. The van der Waals surface area contributed by atoms with Crippen molar-refractivity contribution in [2.75, 3.05) is 39.8 Å². The summed E-state index contributed by atoms with van der Waals surface area (Å²) in [5.41, 5.74) is 0.676. The van der Waals surface area contributed by atoms with Gasteiger partial charge in [-0.15, -0.1) is 0 Å². The number of aliphatic hydroxyl groups is 1. The molecule has 126 valence electrons. The Morgan fingerprint density at radius 1 is 1.14 bits per heavy atom. The van der Waals surface area contributed by atoms with Crippen molar-refractivity contribution in [1.29, 1.82) is 0 Å². The Morgan fingerprint density at radius 3 is 2.45 bits per heavy atom. The maximum Gasteiger partial charge on any atom is 0.0570 e. The summed E-state index contributed by atoms with van der Waals surface area (Å²) in [4.78, 5) is 5.26. The van der Waals surface area contributed by atoms with E-state index in [0.29, 0.717) is 11.5 Å². The average Bonchev–Trinajstić information content (AvgIpc) is 2.41. The Balaban J connectivity index is 1.13. The summed E-state index contributed by atoms with van der Waals surface area (Å²) >= 11 is 0. The van der Waals surface area contributed by atoms with Gasteiger partial charge in [-0.1, -0.05) is 0 Å². The number of nitrogens with one attached hydrogen (secondary N) is 1. The minimum atomic E-state index is -0.0179. The Kier molecular flexibility index (Phi) is 4.22. The van der Waals surface area contributed by atoms with Crippen molar-refractivity contribution in [2.24, 2.45) is 11.3 Å². The van der Waals surface area contributed by atoms with Gasteiger partial charge in [0.25, 0.3) is 0 Å². The molecule has 0 unspecified atom stereocenters. The molecular formula is C18H33N3O. The van der Waals surface area contributed by atoms with Crippen LogP contribution in [0.5, 0.6) is 0 Å². The van der Waals surface area contributed by atoms with Gasteiger partial charge in [-0.25, -0.2) is 0 Å². The smallest absolute Gasteiger partial charge is 0.0570 e. The molecule has 2 heterocycles. The predicted octanol–water partition coefficient (Wildman–Crippen LogP) is 1.30. The second kappa shape index (κ2) is 6.04. The fraction of sp³-hybridized carbons (Fsp3) is 1.00. The van der Waals surface area contributed by atoms with Gasteiger partial charge in [0.1, 0.15) is 0 Å². The molecule has 4 rings (SSSR count). The first kappa shape index (κ1) is 15.4. The van der Waals surface area contributed by atoms with Gasteiger partial charge in [0.05, 0.1) is 6.10 Å². The molecule has 0 bridgehead atoms. The second-order valence-electron chi connectivity index (χ2n) is 8.70. The fourth-order valence-electron chi connectivity index (χ4n) is 5.27. The van der Waals surface area contributed by atoms with Crippen molar-refractivity contribution in [3.63, 3.8) is 0 Å². The van der Waals surface area contributed by atoms with Crippen LogP contribution >= 0.6 is 0 Å². The van der Waals surface area contributed by atoms with E-state index < -0.39 is 0 Å². The van der Waals surface area contributed by atoms with Crippen LogP contribution in [0.2, 0.25) is 0 Å². The molecule has 0 aromatic carbocycles. The van der Waals surface area contributed by atoms with E-state index in [2.05, 4.69) is 22.2 Å². The first-order valence-electron chi connectivity index (χ1n) is 9.47. The largest absolute Gasteiger partial charge is 0.393 e. The van der Waals surface area contributed by atoms with E-state index in [-0.39, 0.29) is 6.10 Å². The van der Waals surface area contributed by atoms with Crippen molar-refractivity contribution < 1.29 is 5.11 Å². The van der Waals surface area contributed by atoms with Crippen LogP contribution < -0.4 is 5.32 Å². The third-order valence-electron chi connectivity index (χ3n) is 7.01. The number of aliphatic hydroxyl groups excluding tert-OH is 1. The maximum absolute atomic E-state index is 9.46. The summed E-state index contributed by atoms with van der Waals surface area (Å²) in [6.45, 7) is 6.52. The molecule has 0 aromatic rings. The van der Waals surface area contributed by atoms with E-state index in [1.165, 1.54) is 64.8 Å². The predicted molar refractivity (Wildman–Crippen MR) is 88.9 cm³/mol. The Hall–Kier alpha value is -0.160. The van der Waals surface area contributed by atoms with Gasteiger partial charge in [0.2, 0.25) is 0 Å². The van der Waals surface area contributed by atoms with Crippen molar-refractivity contribution in [2.45, 2.75) is 63.1 Å². The van der Waals surface area contributed by atoms with E-state index >= 15 is 0 Å². The number of piperidine rings is 1. The monoisotopic (exact) mass is 307 g/mol. The molecule has 2 aliphatic heterocycles. The molecule has 0 radical (unpaired) electrons. The van der Waals surface area contributed by atoms with Crippen molar-refractivity contribution in [1.82, 2.24) is 15.1 Å². The van der Waals surface area contributed by atoms with Crippen LogP contribution in [0.1, 0.15) is 44.9 Å². The number of nitrogens with zero attached hydrogens (tertiary/aromatic N) is 2. The molecule has 4 heteroatoms. The Morgan fingerprint density at radius 2 is 1.82 bits per heavy atom. The van der Waals surface area contributed by atoms with Crippen LogP contribution in [-0.4, -0.2) is 72.9 Å². The third kappa shape index (κ3) is 2.95. The van der Waals surface area contributed by atoms with Gasteiger partial charge < -0.3 is 20.2 Å². The first-order valence-corrected chi connectivity index (χ1v) is 9.47. The number of hydrogen-bond acceptors (Lipinski definition) is 4. The molecular weight excluding hydrogens is 274 g/mol. The highest BCUT2D eigenvalue weighted by Crippen LogP contribution is 2.51. The molecule has 22 heavy (non-hydrogen) atoms. The lowest BCUT2D eigenvalue weighted by Crippen LogP contribution is -2.67. The third-order valence-corrected chi connectivity index (χ3v) is 7.01. The number of likely N-dealkylation sites (tertiary alicyclic amines) is 1. The SMILES string of the molecule is CN(C1CC(O)C1)C1CC2(C1)CN(CCC1CCNCC1)C2. The molecule has 0 amide bonds. The molecule has 1 spiro atoms. The Labute approximate surface area is 135 Å². The van der Waals surface area contributed by atoms with Crippen molar-refractivity contribution >= 4 is 0 Å². The molecule has 4 nitrogen and oxygen atoms in total. The lowest BCUT2D eigenvalue weighted by molar-refractivity contribution is -0.126. The lowest BCUT2D eigenvalue weighted by Gasteiger charge is -2.62. The van der Waals surface area contributed by atoms with E-state index in [1.54, 1.807) is 0 Å². The molecule has 2 saturated carbocycles. The van der Waals surface area contributed by atoms with Crippen LogP contribution in [0.25, 0.3) is 0 Å². The highest BCUT2D eigenvalue weighted by atomic mass is 16.3. The average molecular weight is 307 g/mol. The van der Waals surface area contributed by atoms with Gasteiger partial charge in [-0.3, -0.25) is 0 Å². The number of rotatable bonds is 5. The standard InChI is InChI=1S/C18H33N3O/c1-20(15-8-17(22)9-15)16-10-18(11-16)12-21(13-18)7-4-14-2-5-19-6-3-14/h14-17,19,22H,2-13H2,1H3. The maximum atomic E-state index is 9.46. The van der Waals surface area contributed by atoms with E-state index in [1.807, 2.05) is 0 Å². The summed E-state index contributed by atoms with van der Waals surface area (Å²) in [5, 5.41) is 12.9. The van der Waals surface area contributed by atoms with E-state index in [0.717, 1.165) is 24.8 Å². The zero-order valence-corrected chi connectivity index (χ0v) is 14.1. The van der Waals surface area contributed by atoms with Crippen LogP contribution in [0.4, 0.5) is 0 Å². The topological polar surface area (TPSA) is 38.7 Å². The molecule has 2 saturated heterocycles. The van der Waals surface area contributed by atoms with Crippen molar-refractivity contribution in [3.05, 3.63) is 0 Å². The van der Waals surface area contributed by atoms with Crippen LogP contribution in [-0.2, 0) is 0 Å². The molecule has 2 N–H and O–H groups in total. The quantitative estimate of drug-likeness (QED) is 0.803. The summed E-state index contributed by atoms with van der Waals surface area (Å²) in [5.74, 6) is 0.975. The zero-order valence-electron chi connectivity index (χ0n) is 14.1. The molecule has 0 aromatic heterocycles. The van der Waals surface area contributed by atoms with E-state index in [4.69, 9.17) is 0 Å².